The quantitative estimate of drug-likeness (QED) is 0.115. The smallest absolute Gasteiger partial charge is 0.180 e. The maximum atomic E-state index is 12.7. The second kappa shape index (κ2) is 11.4. The minimum atomic E-state index is -0.185. The number of unbranched alkanes of at least 4 members (excludes halogenated alkanes) is 1. The van der Waals surface area contributed by atoms with Crippen molar-refractivity contribution in [2.45, 2.75) is 32.4 Å². The van der Waals surface area contributed by atoms with Crippen molar-refractivity contribution in [3.05, 3.63) is 89.6 Å². The number of H-pyrrole nitrogens is 1. The van der Waals surface area contributed by atoms with Crippen LogP contribution in [0.2, 0.25) is 0 Å². The summed E-state index contributed by atoms with van der Waals surface area (Å²) >= 11 is 0. The molecule has 0 amide bonds. The van der Waals surface area contributed by atoms with Crippen LogP contribution in [-0.2, 0) is 13.1 Å². The van der Waals surface area contributed by atoms with E-state index in [9.17, 15) is 25.2 Å². The average molecular weight is 488 g/mol. The molecule has 4 rings (SSSR count). The number of aromatic nitrogens is 2. The van der Waals surface area contributed by atoms with E-state index in [1.807, 2.05) is 30.3 Å². The maximum Gasteiger partial charge on any atom is 0.180 e. The number of rotatable bonds is 11. The van der Waals surface area contributed by atoms with E-state index in [4.69, 9.17) is 0 Å². The summed E-state index contributed by atoms with van der Waals surface area (Å²) in [5.41, 5.74) is 3.80. The van der Waals surface area contributed by atoms with Gasteiger partial charge in [-0.3, -0.25) is 14.8 Å². The number of phenols is 4. The third-order valence-electron chi connectivity index (χ3n) is 5.97. The van der Waals surface area contributed by atoms with Crippen molar-refractivity contribution in [1.29, 1.82) is 0 Å². The number of hydrogen-bond donors (Lipinski definition) is 5. The molecular formula is C28H29N3O5. The number of aromatic hydroxyl groups is 4. The zero-order chi connectivity index (χ0) is 25.5. The summed E-state index contributed by atoms with van der Waals surface area (Å²) in [6.07, 6.45) is 1.81. The highest BCUT2D eigenvalue weighted by molar-refractivity contribution is 5.95. The Kier molecular flexibility index (Phi) is 7.87. The third kappa shape index (κ3) is 6.43. The minimum Gasteiger partial charge on any atom is -0.504 e. The molecule has 8 heteroatoms. The second-order valence-electron chi connectivity index (χ2n) is 8.77. The van der Waals surface area contributed by atoms with Crippen LogP contribution in [-0.4, -0.2) is 47.9 Å². The molecule has 0 bridgehead atoms. The highest BCUT2D eigenvalue weighted by Crippen LogP contribution is 2.28. The van der Waals surface area contributed by atoms with E-state index in [1.54, 1.807) is 18.2 Å². The van der Waals surface area contributed by atoms with Gasteiger partial charge in [0.2, 0.25) is 0 Å². The first-order valence-electron chi connectivity index (χ1n) is 11.8. The predicted octanol–water partition coefficient (Wildman–Crippen LogP) is 4.95. The van der Waals surface area contributed by atoms with Gasteiger partial charge in [-0.15, -0.1) is 0 Å². The van der Waals surface area contributed by atoms with Gasteiger partial charge in [0.25, 0.3) is 0 Å². The molecule has 0 aliphatic rings. The number of ketones is 1. The van der Waals surface area contributed by atoms with Gasteiger partial charge in [-0.25, -0.2) is 0 Å². The third-order valence-corrected chi connectivity index (χ3v) is 5.97. The van der Waals surface area contributed by atoms with Crippen molar-refractivity contribution in [2.75, 3.05) is 6.54 Å². The SMILES string of the molecule is O=C(CCCCN(Cc1ccc(O)c(O)c1)Cc1ccc(O)c(O)c1)c1cc(-c2ccccc2)n[nH]1. The first kappa shape index (κ1) is 24.8. The van der Waals surface area contributed by atoms with Crippen LogP contribution in [0.15, 0.2) is 72.8 Å². The zero-order valence-electron chi connectivity index (χ0n) is 19.8. The Bertz CT molecular complexity index is 1270. The molecule has 4 aromatic rings. The number of carbonyl (C=O) groups excluding carboxylic acids is 1. The van der Waals surface area contributed by atoms with Gasteiger partial charge in [-0.1, -0.05) is 42.5 Å². The van der Waals surface area contributed by atoms with E-state index >= 15 is 0 Å². The Morgan fingerprint density at radius 2 is 1.36 bits per heavy atom. The Labute approximate surface area is 209 Å². The van der Waals surface area contributed by atoms with E-state index in [0.717, 1.165) is 28.8 Å². The zero-order valence-corrected chi connectivity index (χ0v) is 19.8. The first-order valence-corrected chi connectivity index (χ1v) is 11.8. The molecule has 0 aliphatic carbocycles. The van der Waals surface area contributed by atoms with Crippen LogP contribution in [0.3, 0.4) is 0 Å². The fourth-order valence-electron chi connectivity index (χ4n) is 4.04. The van der Waals surface area contributed by atoms with Crippen molar-refractivity contribution in [3.8, 4) is 34.3 Å². The van der Waals surface area contributed by atoms with Gasteiger partial charge >= 0.3 is 0 Å². The predicted molar refractivity (Wildman–Crippen MR) is 136 cm³/mol. The summed E-state index contributed by atoms with van der Waals surface area (Å²) in [5.74, 6) is -0.726. The van der Waals surface area contributed by atoms with Gasteiger partial charge in [0.15, 0.2) is 28.8 Å². The van der Waals surface area contributed by atoms with Crippen LogP contribution < -0.4 is 0 Å². The fourth-order valence-corrected chi connectivity index (χ4v) is 4.04. The molecule has 0 radical (unpaired) electrons. The van der Waals surface area contributed by atoms with E-state index < -0.39 is 0 Å². The number of Topliss-reactive ketones (excluding diaryl/α,β-unsaturated/α-hetero) is 1. The summed E-state index contributed by atoms with van der Waals surface area (Å²) in [5, 5.41) is 46.0. The molecule has 0 unspecified atom stereocenters. The number of nitrogens with one attached hydrogen (secondary N) is 1. The van der Waals surface area contributed by atoms with Gasteiger partial charge < -0.3 is 20.4 Å². The van der Waals surface area contributed by atoms with Gasteiger partial charge in [0.1, 0.15) is 5.69 Å². The largest absolute Gasteiger partial charge is 0.504 e. The Balaban J connectivity index is 1.35. The molecule has 3 aromatic carbocycles. The topological polar surface area (TPSA) is 130 Å². The summed E-state index contributed by atoms with van der Waals surface area (Å²) in [4.78, 5) is 14.8. The van der Waals surface area contributed by atoms with Crippen molar-refractivity contribution < 1.29 is 25.2 Å². The van der Waals surface area contributed by atoms with Gasteiger partial charge in [0, 0.05) is 25.1 Å². The van der Waals surface area contributed by atoms with Gasteiger partial charge in [-0.2, -0.15) is 5.10 Å². The van der Waals surface area contributed by atoms with Crippen molar-refractivity contribution in [1.82, 2.24) is 15.1 Å². The molecule has 1 aromatic heterocycles. The Morgan fingerprint density at radius 1 is 0.750 bits per heavy atom. The summed E-state index contributed by atoms with van der Waals surface area (Å²) in [6.45, 7) is 1.64. The summed E-state index contributed by atoms with van der Waals surface area (Å²) in [7, 11) is 0. The number of hydrogen-bond acceptors (Lipinski definition) is 7. The van der Waals surface area contributed by atoms with Crippen molar-refractivity contribution >= 4 is 5.78 Å². The molecule has 36 heavy (non-hydrogen) atoms. The Hall–Kier alpha value is -4.30. The lowest BCUT2D eigenvalue weighted by molar-refractivity contribution is 0.0972. The minimum absolute atomic E-state index is 0.00291. The first-order chi connectivity index (χ1) is 17.4. The molecule has 0 saturated carbocycles. The number of nitrogens with zero attached hydrogens (tertiary/aromatic N) is 2. The highest BCUT2D eigenvalue weighted by Gasteiger charge is 2.13. The molecule has 0 fully saturated rings. The van der Waals surface area contributed by atoms with Crippen molar-refractivity contribution in [3.63, 3.8) is 0 Å². The molecule has 0 aliphatic heterocycles. The fraction of sp³-hybridized carbons (Fsp3) is 0.214. The molecule has 8 nitrogen and oxygen atoms in total. The highest BCUT2D eigenvalue weighted by atomic mass is 16.3. The summed E-state index contributed by atoms with van der Waals surface area (Å²) < 4.78 is 0. The second-order valence-corrected chi connectivity index (χ2v) is 8.77. The van der Waals surface area contributed by atoms with E-state index in [0.29, 0.717) is 38.2 Å². The van der Waals surface area contributed by atoms with E-state index in [1.165, 1.54) is 24.3 Å². The number of carbonyl (C=O) groups is 1. The maximum absolute atomic E-state index is 12.7. The van der Waals surface area contributed by atoms with Crippen LogP contribution in [0.25, 0.3) is 11.3 Å². The molecule has 5 N–H and O–H groups in total. The molecule has 0 saturated heterocycles. The van der Waals surface area contributed by atoms with Crippen LogP contribution >= 0.6 is 0 Å². The van der Waals surface area contributed by atoms with Crippen LogP contribution in [0, 0.1) is 0 Å². The molecule has 0 spiro atoms. The summed E-state index contributed by atoms with van der Waals surface area (Å²) in [6, 6.07) is 20.9. The number of phenolic OH excluding ortho intramolecular Hbond substituents is 4. The molecule has 1 heterocycles. The van der Waals surface area contributed by atoms with Gasteiger partial charge in [-0.05, 0) is 60.8 Å². The number of benzene rings is 3. The van der Waals surface area contributed by atoms with E-state index in [-0.39, 0.29) is 28.8 Å². The van der Waals surface area contributed by atoms with Crippen LogP contribution in [0.1, 0.15) is 40.9 Å². The standard InChI is InChI=1S/C28H29N3O5/c32-24(23-16-22(29-30-23)21-6-2-1-3-7-21)8-4-5-13-31(17-19-9-11-25(33)27(35)14-19)18-20-10-12-26(34)28(36)15-20/h1-3,6-7,9-12,14-16,33-36H,4-5,8,13,17-18H2,(H,29,30). The molecule has 186 valence electrons. The van der Waals surface area contributed by atoms with Crippen LogP contribution in [0.4, 0.5) is 0 Å². The monoisotopic (exact) mass is 487 g/mol. The lowest BCUT2D eigenvalue weighted by Gasteiger charge is -2.23. The van der Waals surface area contributed by atoms with Gasteiger partial charge in [0.05, 0.1) is 5.69 Å². The lowest BCUT2D eigenvalue weighted by atomic mass is 10.1. The van der Waals surface area contributed by atoms with Crippen LogP contribution in [0.5, 0.6) is 23.0 Å². The number of aromatic amines is 1. The molecule has 0 atom stereocenters. The van der Waals surface area contributed by atoms with Crippen molar-refractivity contribution in [2.24, 2.45) is 0 Å². The Morgan fingerprint density at radius 3 is 1.94 bits per heavy atom. The lowest BCUT2D eigenvalue weighted by Crippen LogP contribution is -2.24. The normalized spacial score (nSPS) is 11.1. The molecular weight excluding hydrogens is 458 g/mol. The average Bonchev–Trinajstić information content (AvgIpc) is 3.37. The van der Waals surface area contributed by atoms with E-state index in [2.05, 4.69) is 15.1 Å².